The van der Waals surface area contributed by atoms with Crippen LogP contribution in [0.25, 0.3) is 10.8 Å². The first kappa shape index (κ1) is 13.7. The summed E-state index contributed by atoms with van der Waals surface area (Å²) in [5.41, 5.74) is 6.45. The lowest BCUT2D eigenvalue weighted by atomic mass is 10.1. The molecule has 2 rings (SSSR count). The third-order valence-corrected chi connectivity index (χ3v) is 3.30. The normalized spacial score (nSPS) is 10.8. The van der Waals surface area contributed by atoms with E-state index in [9.17, 15) is 0 Å². The van der Waals surface area contributed by atoms with Gasteiger partial charge in [0.05, 0.1) is 5.69 Å². The van der Waals surface area contributed by atoms with Gasteiger partial charge in [-0.1, -0.05) is 37.1 Å². The molecule has 0 saturated heterocycles. The second-order valence-corrected chi connectivity index (χ2v) is 4.81. The van der Waals surface area contributed by atoms with Gasteiger partial charge in [0.15, 0.2) is 5.82 Å². The van der Waals surface area contributed by atoms with E-state index in [1.165, 1.54) is 18.2 Å². The van der Waals surface area contributed by atoms with Crippen LogP contribution in [0.2, 0.25) is 0 Å². The van der Waals surface area contributed by atoms with Gasteiger partial charge in [-0.25, -0.2) is 0 Å². The van der Waals surface area contributed by atoms with E-state index in [4.69, 9.17) is 5.73 Å². The number of nitrogens with one attached hydrogen (secondary N) is 1. The number of nitrogens with two attached hydrogens (primary N) is 1. The summed E-state index contributed by atoms with van der Waals surface area (Å²) in [6.07, 6.45) is 4.68. The molecule has 3 N–H and O–H groups in total. The van der Waals surface area contributed by atoms with Crippen LogP contribution in [0.4, 0.5) is 5.82 Å². The van der Waals surface area contributed by atoms with Gasteiger partial charge in [-0.15, -0.1) is 5.10 Å². The quantitative estimate of drug-likeness (QED) is 0.750. The van der Waals surface area contributed by atoms with E-state index in [1.54, 1.807) is 0 Å². The molecular weight excluding hydrogens is 236 g/mol. The largest absolute Gasteiger partial charge is 0.368 e. The lowest BCUT2D eigenvalue weighted by molar-refractivity contribution is 0.660. The molecule has 0 aliphatic heterocycles. The summed E-state index contributed by atoms with van der Waals surface area (Å²) in [5, 5.41) is 14.2. The van der Waals surface area contributed by atoms with Crippen molar-refractivity contribution in [1.82, 2.24) is 10.2 Å². The van der Waals surface area contributed by atoms with Crippen LogP contribution in [0.15, 0.2) is 24.3 Å². The van der Waals surface area contributed by atoms with Gasteiger partial charge >= 0.3 is 0 Å². The molecule has 0 unspecified atom stereocenters. The molecule has 0 spiro atoms. The van der Waals surface area contributed by atoms with E-state index >= 15 is 0 Å². The molecule has 0 atom stereocenters. The van der Waals surface area contributed by atoms with Crippen LogP contribution in [0, 0.1) is 6.92 Å². The maximum atomic E-state index is 5.48. The molecule has 4 heteroatoms. The van der Waals surface area contributed by atoms with Crippen molar-refractivity contribution in [3.05, 3.63) is 30.0 Å². The molecular formula is C15H22N4. The highest BCUT2D eigenvalue weighted by molar-refractivity contribution is 5.92. The van der Waals surface area contributed by atoms with Gasteiger partial charge in [-0.3, -0.25) is 0 Å². The van der Waals surface area contributed by atoms with Crippen LogP contribution < -0.4 is 11.1 Å². The number of rotatable bonds is 7. The highest BCUT2D eigenvalue weighted by atomic mass is 15.2. The smallest absolute Gasteiger partial charge is 0.156 e. The van der Waals surface area contributed by atoms with Crippen molar-refractivity contribution in [2.75, 3.05) is 18.4 Å². The predicted molar refractivity (Wildman–Crippen MR) is 80.3 cm³/mol. The maximum Gasteiger partial charge on any atom is 0.156 e. The van der Waals surface area contributed by atoms with Crippen LogP contribution >= 0.6 is 0 Å². The number of anilines is 1. The number of aromatic nitrogens is 2. The zero-order chi connectivity index (χ0) is 13.5. The topological polar surface area (TPSA) is 63.8 Å². The lowest BCUT2D eigenvalue weighted by Crippen LogP contribution is -2.06. The molecule has 0 aliphatic rings. The fourth-order valence-electron chi connectivity index (χ4n) is 2.20. The Balaban J connectivity index is 1.96. The Hall–Kier alpha value is -1.68. The zero-order valence-corrected chi connectivity index (χ0v) is 11.5. The number of hydrogen-bond donors (Lipinski definition) is 2. The molecule has 0 saturated carbocycles. The molecule has 1 heterocycles. The highest BCUT2D eigenvalue weighted by Gasteiger charge is 2.04. The Morgan fingerprint density at radius 1 is 1.00 bits per heavy atom. The maximum absolute atomic E-state index is 5.48. The zero-order valence-electron chi connectivity index (χ0n) is 11.5. The number of aryl methyl sites for hydroxylation is 1. The van der Waals surface area contributed by atoms with Crippen molar-refractivity contribution in [2.24, 2.45) is 5.73 Å². The third-order valence-electron chi connectivity index (χ3n) is 3.30. The molecule has 19 heavy (non-hydrogen) atoms. The number of benzene rings is 1. The second-order valence-electron chi connectivity index (χ2n) is 4.81. The van der Waals surface area contributed by atoms with Gasteiger partial charge in [0.2, 0.25) is 0 Å². The van der Waals surface area contributed by atoms with Crippen molar-refractivity contribution < 1.29 is 0 Å². The minimum absolute atomic E-state index is 0.793. The van der Waals surface area contributed by atoms with E-state index in [2.05, 4.69) is 27.6 Å². The van der Waals surface area contributed by atoms with Crippen LogP contribution in [0.5, 0.6) is 0 Å². The Kier molecular flexibility index (Phi) is 5.10. The van der Waals surface area contributed by atoms with E-state index in [1.807, 2.05) is 19.1 Å². The molecule has 0 aliphatic carbocycles. The van der Waals surface area contributed by atoms with Crippen LogP contribution in [-0.4, -0.2) is 23.3 Å². The predicted octanol–water partition coefficient (Wildman–Crippen LogP) is 2.87. The average molecular weight is 258 g/mol. The molecule has 0 radical (unpaired) electrons. The number of fused-ring (bicyclic) bond motifs is 1. The van der Waals surface area contributed by atoms with Gasteiger partial charge in [-0.05, 0) is 26.3 Å². The fourth-order valence-corrected chi connectivity index (χ4v) is 2.20. The molecule has 1 aromatic heterocycles. The van der Waals surface area contributed by atoms with Crippen molar-refractivity contribution in [1.29, 1.82) is 0 Å². The van der Waals surface area contributed by atoms with Gasteiger partial charge in [0, 0.05) is 17.3 Å². The third kappa shape index (κ3) is 3.64. The summed E-state index contributed by atoms with van der Waals surface area (Å²) in [7, 11) is 0. The summed E-state index contributed by atoms with van der Waals surface area (Å²) in [6.45, 7) is 3.72. The van der Waals surface area contributed by atoms with Gasteiger partial charge < -0.3 is 11.1 Å². The standard InChI is InChI=1S/C15H22N4/c1-12-13-8-4-5-9-14(13)15(19-18-12)17-11-7-3-2-6-10-16/h4-5,8-9H,2-3,6-7,10-11,16H2,1H3,(H,17,19). The van der Waals surface area contributed by atoms with E-state index < -0.39 is 0 Å². The van der Waals surface area contributed by atoms with Crippen molar-refractivity contribution in [3.8, 4) is 0 Å². The molecule has 1 aromatic carbocycles. The van der Waals surface area contributed by atoms with Gasteiger partial charge in [0.25, 0.3) is 0 Å². The number of hydrogen-bond acceptors (Lipinski definition) is 4. The summed E-state index contributed by atoms with van der Waals surface area (Å²) in [4.78, 5) is 0. The van der Waals surface area contributed by atoms with Crippen molar-refractivity contribution in [3.63, 3.8) is 0 Å². The molecule has 0 fully saturated rings. The lowest BCUT2D eigenvalue weighted by Gasteiger charge is -2.09. The molecule has 0 amide bonds. The molecule has 4 nitrogen and oxygen atoms in total. The minimum atomic E-state index is 0.793. The summed E-state index contributed by atoms with van der Waals surface area (Å²) < 4.78 is 0. The van der Waals surface area contributed by atoms with Crippen molar-refractivity contribution >= 4 is 16.6 Å². The molecule has 2 aromatic rings. The Morgan fingerprint density at radius 2 is 1.74 bits per heavy atom. The summed E-state index contributed by atoms with van der Waals surface area (Å²) in [5.74, 6) is 0.889. The van der Waals surface area contributed by atoms with E-state index in [-0.39, 0.29) is 0 Å². The van der Waals surface area contributed by atoms with Gasteiger partial charge in [-0.2, -0.15) is 5.10 Å². The number of nitrogens with zero attached hydrogens (tertiary/aromatic N) is 2. The first-order valence-electron chi connectivity index (χ1n) is 6.99. The monoisotopic (exact) mass is 258 g/mol. The van der Waals surface area contributed by atoms with Gasteiger partial charge in [0.1, 0.15) is 0 Å². The molecule has 0 bridgehead atoms. The van der Waals surface area contributed by atoms with Crippen LogP contribution in [0.1, 0.15) is 31.4 Å². The Bertz CT molecular complexity index is 525. The first-order valence-corrected chi connectivity index (χ1v) is 6.99. The molecule has 102 valence electrons. The second kappa shape index (κ2) is 7.04. The first-order chi connectivity index (χ1) is 9.33. The number of unbranched alkanes of at least 4 members (excludes halogenated alkanes) is 3. The fraction of sp³-hybridized carbons (Fsp3) is 0.467. The summed E-state index contributed by atoms with van der Waals surface area (Å²) >= 11 is 0. The highest BCUT2D eigenvalue weighted by Crippen LogP contribution is 2.22. The summed E-state index contributed by atoms with van der Waals surface area (Å²) in [6, 6.07) is 8.25. The Labute approximate surface area is 114 Å². The van der Waals surface area contributed by atoms with E-state index in [0.717, 1.165) is 42.8 Å². The Morgan fingerprint density at radius 3 is 2.53 bits per heavy atom. The van der Waals surface area contributed by atoms with Crippen LogP contribution in [0.3, 0.4) is 0 Å². The average Bonchev–Trinajstić information content (AvgIpc) is 2.45. The van der Waals surface area contributed by atoms with Crippen LogP contribution in [-0.2, 0) is 0 Å². The van der Waals surface area contributed by atoms with Crippen molar-refractivity contribution in [2.45, 2.75) is 32.6 Å². The SMILES string of the molecule is Cc1nnc(NCCCCCCN)c2ccccc12. The minimum Gasteiger partial charge on any atom is -0.368 e. The van der Waals surface area contributed by atoms with E-state index in [0.29, 0.717) is 0 Å².